The molecule has 3 aromatic carbocycles. The van der Waals surface area contributed by atoms with E-state index in [9.17, 15) is 13.2 Å². The van der Waals surface area contributed by atoms with Crippen LogP contribution in [-0.2, 0) is 10.0 Å². The van der Waals surface area contributed by atoms with Gasteiger partial charge in [0.05, 0.1) is 22.2 Å². The summed E-state index contributed by atoms with van der Waals surface area (Å²) in [6, 6.07) is 16.2. The van der Waals surface area contributed by atoms with E-state index in [1.165, 1.54) is 12.1 Å². The minimum absolute atomic E-state index is 0.0618. The number of hydrogen-bond acceptors (Lipinski definition) is 6. The van der Waals surface area contributed by atoms with Gasteiger partial charge < -0.3 is 14.8 Å². The predicted octanol–water partition coefficient (Wildman–Crippen LogP) is 3.39. The highest BCUT2D eigenvalue weighted by Crippen LogP contribution is 2.32. The van der Waals surface area contributed by atoms with Crippen molar-refractivity contribution in [1.29, 1.82) is 0 Å². The highest BCUT2D eigenvalue weighted by Gasteiger charge is 2.19. The molecule has 32 heavy (non-hydrogen) atoms. The summed E-state index contributed by atoms with van der Waals surface area (Å²) in [7, 11) is -3.83. The summed E-state index contributed by atoms with van der Waals surface area (Å²) in [4.78, 5) is 12.7. The van der Waals surface area contributed by atoms with Crippen molar-refractivity contribution in [2.45, 2.75) is 4.90 Å². The molecule has 0 saturated carbocycles. The third-order valence-corrected chi connectivity index (χ3v) is 6.32. The van der Waals surface area contributed by atoms with Crippen molar-refractivity contribution in [3.05, 3.63) is 72.4 Å². The molecule has 1 aliphatic heterocycles. The van der Waals surface area contributed by atoms with E-state index >= 15 is 0 Å². The summed E-state index contributed by atoms with van der Waals surface area (Å²) in [6.07, 6.45) is 1.65. The van der Waals surface area contributed by atoms with Crippen molar-refractivity contribution < 1.29 is 22.7 Å². The Morgan fingerprint density at radius 2 is 1.69 bits per heavy atom. The Morgan fingerprint density at radius 1 is 0.938 bits per heavy atom. The molecule has 0 atom stereocenters. The van der Waals surface area contributed by atoms with E-state index in [4.69, 9.17) is 9.47 Å². The number of benzene rings is 3. The van der Waals surface area contributed by atoms with Crippen LogP contribution in [0.3, 0.4) is 0 Å². The van der Waals surface area contributed by atoms with Gasteiger partial charge in [-0.2, -0.15) is 5.10 Å². The molecule has 9 nitrogen and oxygen atoms in total. The molecule has 0 unspecified atom stereocenters. The molecule has 2 heterocycles. The first kappa shape index (κ1) is 19.9. The van der Waals surface area contributed by atoms with Crippen molar-refractivity contribution in [2.24, 2.45) is 0 Å². The van der Waals surface area contributed by atoms with Crippen LogP contribution in [0, 0.1) is 0 Å². The number of anilines is 2. The monoisotopic (exact) mass is 450 g/mol. The number of nitrogens with zero attached hydrogens (tertiary/aromatic N) is 1. The van der Waals surface area contributed by atoms with E-state index in [0.29, 0.717) is 47.2 Å². The second-order valence-electron chi connectivity index (χ2n) is 7.08. The van der Waals surface area contributed by atoms with Crippen LogP contribution >= 0.6 is 0 Å². The molecule has 162 valence electrons. The molecule has 4 aromatic rings. The van der Waals surface area contributed by atoms with Crippen LogP contribution in [0.15, 0.2) is 71.8 Å². The van der Waals surface area contributed by atoms with Crippen molar-refractivity contribution in [3.63, 3.8) is 0 Å². The molecule has 0 saturated heterocycles. The van der Waals surface area contributed by atoms with Gasteiger partial charge in [0.25, 0.3) is 15.9 Å². The first-order chi connectivity index (χ1) is 15.5. The van der Waals surface area contributed by atoms with E-state index in [-0.39, 0.29) is 10.8 Å². The lowest BCUT2D eigenvalue weighted by molar-refractivity contribution is 0.102. The van der Waals surface area contributed by atoms with E-state index in [1.807, 2.05) is 6.07 Å². The largest absolute Gasteiger partial charge is 0.486 e. The first-order valence-corrected chi connectivity index (χ1v) is 11.2. The fourth-order valence-corrected chi connectivity index (χ4v) is 4.46. The van der Waals surface area contributed by atoms with Crippen LogP contribution < -0.4 is 19.5 Å². The molecule has 0 fully saturated rings. The highest BCUT2D eigenvalue weighted by atomic mass is 32.2. The number of amides is 1. The van der Waals surface area contributed by atoms with Crippen LogP contribution in [-0.4, -0.2) is 37.7 Å². The van der Waals surface area contributed by atoms with Gasteiger partial charge >= 0.3 is 0 Å². The zero-order valence-electron chi connectivity index (χ0n) is 16.7. The molecule has 1 aromatic heterocycles. The minimum Gasteiger partial charge on any atom is -0.486 e. The third kappa shape index (κ3) is 3.83. The topological polar surface area (TPSA) is 122 Å². The van der Waals surface area contributed by atoms with Crippen molar-refractivity contribution >= 4 is 38.2 Å². The maximum atomic E-state index is 12.7. The molecule has 0 radical (unpaired) electrons. The molecule has 0 spiro atoms. The minimum atomic E-state index is -3.83. The fraction of sp³-hybridized carbons (Fsp3) is 0.0909. The second kappa shape index (κ2) is 7.89. The molecule has 1 amide bonds. The normalized spacial score (nSPS) is 13.0. The van der Waals surface area contributed by atoms with Crippen molar-refractivity contribution in [2.75, 3.05) is 23.3 Å². The number of rotatable bonds is 5. The van der Waals surface area contributed by atoms with Gasteiger partial charge in [-0.25, -0.2) is 8.42 Å². The Bertz CT molecular complexity index is 1410. The number of H-pyrrole nitrogens is 1. The van der Waals surface area contributed by atoms with E-state index in [0.717, 1.165) is 5.39 Å². The lowest BCUT2D eigenvalue weighted by Gasteiger charge is -2.19. The Morgan fingerprint density at radius 3 is 2.50 bits per heavy atom. The highest BCUT2D eigenvalue weighted by molar-refractivity contribution is 7.92. The lowest BCUT2D eigenvalue weighted by atomic mass is 10.1. The molecule has 10 heteroatoms. The molecule has 0 aliphatic carbocycles. The second-order valence-corrected chi connectivity index (χ2v) is 8.76. The van der Waals surface area contributed by atoms with Crippen LogP contribution in [0.1, 0.15) is 10.4 Å². The molecule has 3 N–H and O–H groups in total. The van der Waals surface area contributed by atoms with Gasteiger partial charge in [0.1, 0.15) is 13.2 Å². The average molecular weight is 450 g/mol. The number of sulfonamides is 1. The van der Waals surface area contributed by atoms with E-state index in [2.05, 4.69) is 20.2 Å². The number of carbonyl (C=O) groups is 1. The lowest BCUT2D eigenvalue weighted by Crippen LogP contribution is -2.17. The summed E-state index contributed by atoms with van der Waals surface area (Å²) < 4.78 is 38.9. The Balaban J connectivity index is 1.30. The van der Waals surface area contributed by atoms with Crippen molar-refractivity contribution in [1.82, 2.24) is 10.2 Å². The van der Waals surface area contributed by atoms with Gasteiger partial charge in [-0.1, -0.05) is 12.1 Å². The van der Waals surface area contributed by atoms with Crippen molar-refractivity contribution in [3.8, 4) is 11.5 Å². The van der Waals surface area contributed by atoms with Gasteiger partial charge in [0.2, 0.25) is 0 Å². The summed E-state index contributed by atoms with van der Waals surface area (Å²) in [5.41, 5.74) is 1.99. The van der Waals surface area contributed by atoms with Gasteiger partial charge in [-0.05, 0) is 42.5 Å². The average Bonchev–Trinajstić information content (AvgIpc) is 3.29. The third-order valence-electron chi connectivity index (χ3n) is 4.94. The van der Waals surface area contributed by atoms with Crippen LogP contribution in [0.2, 0.25) is 0 Å². The smallest absolute Gasteiger partial charge is 0.262 e. The Kier molecular flexibility index (Phi) is 4.91. The number of hydrogen-bond donors (Lipinski definition) is 3. The van der Waals surface area contributed by atoms with Gasteiger partial charge in [0.15, 0.2) is 11.5 Å². The number of aromatic amines is 1. The summed E-state index contributed by atoms with van der Waals surface area (Å²) >= 11 is 0. The molecular weight excluding hydrogens is 432 g/mol. The number of aromatic nitrogens is 2. The maximum Gasteiger partial charge on any atom is 0.262 e. The standard InChI is InChI=1S/C22H18N4O5S/c27-22(18-3-1-2-14-13-23-25-21(14)18)24-15-4-6-16(7-5-15)26-32(28,29)17-8-9-19-20(12-17)31-11-10-30-19/h1-9,12-13,26H,10-11H2,(H,23,25)(H,24,27). The van der Waals surface area contributed by atoms with Gasteiger partial charge in [0, 0.05) is 22.8 Å². The quantitative estimate of drug-likeness (QED) is 0.428. The number of nitrogens with one attached hydrogen (secondary N) is 3. The van der Waals surface area contributed by atoms with Gasteiger partial charge in [-0.3, -0.25) is 14.6 Å². The SMILES string of the molecule is O=C(Nc1ccc(NS(=O)(=O)c2ccc3c(c2)OCCO3)cc1)c1cccc2cn[nH]c12. The van der Waals surface area contributed by atoms with E-state index < -0.39 is 10.0 Å². The first-order valence-electron chi connectivity index (χ1n) is 9.76. The zero-order chi connectivity index (χ0) is 22.1. The molecular formula is C22H18N4O5S. The number of ether oxygens (including phenoxy) is 2. The predicted molar refractivity (Wildman–Crippen MR) is 119 cm³/mol. The fourth-order valence-electron chi connectivity index (χ4n) is 3.38. The molecule has 5 rings (SSSR count). The number of fused-ring (bicyclic) bond motifs is 2. The molecule has 0 bridgehead atoms. The summed E-state index contributed by atoms with van der Waals surface area (Å²) in [5.74, 6) is 0.607. The molecule has 1 aliphatic rings. The van der Waals surface area contributed by atoms with Crippen LogP contribution in [0.25, 0.3) is 10.9 Å². The van der Waals surface area contributed by atoms with Gasteiger partial charge in [-0.15, -0.1) is 0 Å². The number of carbonyl (C=O) groups excluding carboxylic acids is 1. The maximum absolute atomic E-state index is 12.7. The van der Waals surface area contributed by atoms with Crippen LogP contribution in [0.4, 0.5) is 11.4 Å². The zero-order valence-corrected chi connectivity index (χ0v) is 17.5. The Labute approximate surface area is 183 Å². The number of para-hydroxylation sites is 1. The van der Waals surface area contributed by atoms with Crippen LogP contribution in [0.5, 0.6) is 11.5 Å². The Hall–Kier alpha value is -4.05. The summed E-state index contributed by atoms with van der Waals surface area (Å²) in [5, 5.41) is 10.4. The van der Waals surface area contributed by atoms with E-state index in [1.54, 1.807) is 48.7 Å². The summed E-state index contributed by atoms with van der Waals surface area (Å²) in [6.45, 7) is 0.795.